The number of hydrogen-bond acceptors (Lipinski definition) is 1. The van der Waals surface area contributed by atoms with Gasteiger partial charge >= 0.3 is 6.18 Å². The van der Waals surface area contributed by atoms with E-state index < -0.39 is 11.9 Å². The summed E-state index contributed by atoms with van der Waals surface area (Å²) in [5, 5.41) is 4.18. The Morgan fingerprint density at radius 1 is 1.00 bits per heavy atom. The molecular formula is C14H13F3N2. The smallest absolute Gasteiger partial charge is 0.228 e. The second-order valence-electron chi connectivity index (χ2n) is 4.73. The Balaban J connectivity index is 2.22. The van der Waals surface area contributed by atoms with Crippen molar-refractivity contribution in [3.8, 4) is 5.69 Å². The molecule has 0 amide bonds. The third-order valence-electron chi connectivity index (χ3n) is 3.43. The lowest BCUT2D eigenvalue weighted by atomic mass is 9.96. The summed E-state index contributed by atoms with van der Waals surface area (Å²) < 4.78 is 40.9. The molecule has 0 saturated heterocycles. The number of aryl methyl sites for hydroxylation is 1. The van der Waals surface area contributed by atoms with Crippen LogP contribution in [0.3, 0.4) is 0 Å². The molecule has 3 rings (SSSR count). The van der Waals surface area contributed by atoms with Crippen molar-refractivity contribution in [1.29, 1.82) is 0 Å². The van der Waals surface area contributed by atoms with E-state index in [1.54, 1.807) is 30.3 Å². The standard InChI is InChI=1S/C14H13F3N2/c15-14(16,17)13-11-8-4-5-9-12(11)18-19(13)10-6-2-1-3-7-10/h1-3,6-7H,4-5,8-9H2. The van der Waals surface area contributed by atoms with E-state index in [1.807, 2.05) is 0 Å². The molecule has 0 N–H and O–H groups in total. The fraction of sp³-hybridized carbons (Fsp3) is 0.357. The molecule has 2 nitrogen and oxygen atoms in total. The van der Waals surface area contributed by atoms with Gasteiger partial charge in [0.25, 0.3) is 0 Å². The van der Waals surface area contributed by atoms with Crippen molar-refractivity contribution in [1.82, 2.24) is 9.78 Å². The summed E-state index contributed by atoms with van der Waals surface area (Å²) in [5.41, 5.74) is 0.836. The number of fused-ring (bicyclic) bond motifs is 1. The maximum atomic E-state index is 13.3. The first-order chi connectivity index (χ1) is 9.07. The molecule has 100 valence electrons. The van der Waals surface area contributed by atoms with Gasteiger partial charge in [0.2, 0.25) is 0 Å². The quantitative estimate of drug-likeness (QED) is 0.768. The van der Waals surface area contributed by atoms with Crippen LogP contribution in [0.5, 0.6) is 0 Å². The summed E-state index contributed by atoms with van der Waals surface area (Å²) in [7, 11) is 0. The minimum absolute atomic E-state index is 0.377. The molecule has 0 radical (unpaired) electrons. The van der Waals surface area contributed by atoms with Gasteiger partial charge in [-0.2, -0.15) is 18.3 Å². The predicted octanol–water partition coefficient (Wildman–Crippen LogP) is 3.77. The lowest BCUT2D eigenvalue weighted by Crippen LogP contribution is -2.16. The van der Waals surface area contributed by atoms with Gasteiger partial charge in [0.1, 0.15) is 0 Å². The van der Waals surface area contributed by atoms with Crippen LogP contribution in [0, 0.1) is 0 Å². The molecule has 0 bridgehead atoms. The van der Waals surface area contributed by atoms with Crippen LogP contribution in [-0.2, 0) is 19.0 Å². The van der Waals surface area contributed by atoms with Crippen molar-refractivity contribution >= 4 is 0 Å². The molecule has 0 aliphatic heterocycles. The number of alkyl halides is 3. The molecule has 19 heavy (non-hydrogen) atoms. The lowest BCUT2D eigenvalue weighted by molar-refractivity contribution is -0.143. The third-order valence-corrected chi connectivity index (χ3v) is 3.43. The van der Waals surface area contributed by atoms with E-state index in [0.717, 1.165) is 17.5 Å². The minimum Gasteiger partial charge on any atom is -0.228 e. The van der Waals surface area contributed by atoms with Crippen LogP contribution in [-0.4, -0.2) is 9.78 Å². The Kier molecular flexibility index (Phi) is 2.84. The zero-order chi connectivity index (χ0) is 13.5. The zero-order valence-electron chi connectivity index (χ0n) is 10.2. The van der Waals surface area contributed by atoms with Gasteiger partial charge in [-0.05, 0) is 37.8 Å². The average molecular weight is 266 g/mol. The van der Waals surface area contributed by atoms with Crippen molar-refractivity contribution in [3.05, 3.63) is 47.3 Å². The first-order valence-corrected chi connectivity index (χ1v) is 6.31. The van der Waals surface area contributed by atoms with Gasteiger partial charge in [-0.15, -0.1) is 0 Å². The highest BCUT2D eigenvalue weighted by Gasteiger charge is 2.40. The molecule has 0 atom stereocenters. The van der Waals surface area contributed by atoms with E-state index in [0.29, 0.717) is 29.8 Å². The van der Waals surface area contributed by atoms with Crippen molar-refractivity contribution in [2.45, 2.75) is 31.9 Å². The van der Waals surface area contributed by atoms with Crippen LogP contribution in [0.4, 0.5) is 13.2 Å². The number of hydrogen-bond donors (Lipinski definition) is 0. The van der Waals surface area contributed by atoms with E-state index in [4.69, 9.17) is 0 Å². The van der Waals surface area contributed by atoms with E-state index in [1.165, 1.54) is 0 Å². The number of benzene rings is 1. The van der Waals surface area contributed by atoms with Crippen molar-refractivity contribution in [2.24, 2.45) is 0 Å². The highest BCUT2D eigenvalue weighted by molar-refractivity contribution is 5.39. The minimum atomic E-state index is -4.37. The Morgan fingerprint density at radius 2 is 1.68 bits per heavy atom. The summed E-state index contributed by atoms with van der Waals surface area (Å²) >= 11 is 0. The fourth-order valence-corrected chi connectivity index (χ4v) is 2.60. The lowest BCUT2D eigenvalue weighted by Gasteiger charge is -2.14. The average Bonchev–Trinajstić information content (AvgIpc) is 2.79. The fourth-order valence-electron chi connectivity index (χ4n) is 2.60. The largest absolute Gasteiger partial charge is 0.433 e. The van der Waals surface area contributed by atoms with Gasteiger partial charge in [-0.3, -0.25) is 0 Å². The monoisotopic (exact) mass is 266 g/mol. The molecular weight excluding hydrogens is 253 g/mol. The summed E-state index contributed by atoms with van der Waals surface area (Å²) in [6.07, 6.45) is -1.55. The first-order valence-electron chi connectivity index (χ1n) is 6.31. The summed E-state index contributed by atoms with van der Waals surface area (Å²) in [6, 6.07) is 8.51. The zero-order valence-corrected chi connectivity index (χ0v) is 10.2. The summed E-state index contributed by atoms with van der Waals surface area (Å²) in [5.74, 6) is 0. The van der Waals surface area contributed by atoms with Crippen LogP contribution in [0.1, 0.15) is 29.8 Å². The predicted molar refractivity (Wildman–Crippen MR) is 65.2 cm³/mol. The molecule has 1 aliphatic carbocycles. The van der Waals surface area contributed by atoms with Gasteiger partial charge in [-0.25, -0.2) is 4.68 Å². The van der Waals surface area contributed by atoms with Crippen LogP contribution >= 0.6 is 0 Å². The summed E-state index contributed by atoms with van der Waals surface area (Å²) in [4.78, 5) is 0. The molecule has 2 aromatic rings. The molecule has 1 aromatic heterocycles. The SMILES string of the molecule is FC(F)(F)c1c2c(nn1-c1ccccc1)CCCC2. The molecule has 1 heterocycles. The Labute approximate surface area is 108 Å². The van der Waals surface area contributed by atoms with Crippen molar-refractivity contribution in [3.63, 3.8) is 0 Å². The molecule has 1 aliphatic rings. The van der Waals surface area contributed by atoms with Crippen molar-refractivity contribution in [2.75, 3.05) is 0 Å². The second kappa shape index (κ2) is 4.40. The first kappa shape index (κ1) is 12.3. The van der Waals surface area contributed by atoms with Gasteiger partial charge in [-0.1, -0.05) is 18.2 Å². The van der Waals surface area contributed by atoms with Gasteiger partial charge in [0, 0.05) is 5.56 Å². The van der Waals surface area contributed by atoms with Crippen LogP contribution < -0.4 is 0 Å². The molecule has 5 heteroatoms. The number of rotatable bonds is 1. The van der Waals surface area contributed by atoms with Crippen LogP contribution in [0.2, 0.25) is 0 Å². The van der Waals surface area contributed by atoms with Gasteiger partial charge < -0.3 is 0 Å². The van der Waals surface area contributed by atoms with Gasteiger partial charge in [0.05, 0.1) is 11.4 Å². The maximum absolute atomic E-state index is 13.3. The molecule has 1 aromatic carbocycles. The highest BCUT2D eigenvalue weighted by atomic mass is 19.4. The second-order valence-corrected chi connectivity index (χ2v) is 4.73. The number of nitrogens with zero attached hydrogens (tertiary/aromatic N) is 2. The Bertz CT molecular complexity index is 585. The maximum Gasteiger partial charge on any atom is 0.433 e. The number of halogens is 3. The van der Waals surface area contributed by atoms with Crippen molar-refractivity contribution < 1.29 is 13.2 Å². The highest BCUT2D eigenvalue weighted by Crippen LogP contribution is 2.37. The third kappa shape index (κ3) is 2.13. The molecule has 0 spiro atoms. The normalized spacial score (nSPS) is 15.3. The Hall–Kier alpha value is -1.78. The van der Waals surface area contributed by atoms with E-state index >= 15 is 0 Å². The molecule has 0 fully saturated rings. The van der Waals surface area contributed by atoms with Crippen LogP contribution in [0.25, 0.3) is 5.69 Å². The molecule has 0 unspecified atom stereocenters. The number of para-hydroxylation sites is 1. The van der Waals surface area contributed by atoms with Gasteiger partial charge in [0.15, 0.2) is 5.69 Å². The summed E-state index contributed by atoms with van der Waals surface area (Å²) in [6.45, 7) is 0. The topological polar surface area (TPSA) is 17.8 Å². The van der Waals surface area contributed by atoms with Crippen LogP contribution in [0.15, 0.2) is 30.3 Å². The van der Waals surface area contributed by atoms with E-state index in [-0.39, 0.29) is 0 Å². The Morgan fingerprint density at radius 3 is 2.37 bits per heavy atom. The van der Waals surface area contributed by atoms with E-state index in [2.05, 4.69) is 5.10 Å². The van der Waals surface area contributed by atoms with E-state index in [9.17, 15) is 13.2 Å². The molecule has 0 saturated carbocycles. The number of aromatic nitrogens is 2.